The van der Waals surface area contributed by atoms with Crippen LogP contribution in [0.4, 0.5) is 13.2 Å². The Labute approximate surface area is 151 Å². The number of esters is 1. The molecule has 9 heteroatoms. The van der Waals surface area contributed by atoms with Crippen molar-refractivity contribution < 1.29 is 22.7 Å². The minimum atomic E-state index is -4.71. The zero-order valence-electron chi connectivity index (χ0n) is 13.5. The average Bonchev–Trinajstić information content (AvgIpc) is 2.99. The maximum Gasteiger partial charge on any atom is 0.420 e. The fraction of sp³-hybridized carbons (Fsp3) is 0.235. The number of carbonyl (C=O) groups is 1. The number of nitrogens with zero attached hydrogens (tertiary/aromatic N) is 3. The SMILES string of the molecule is CCOC(=O)c1nn(Cc2ccc3ncc(Cl)cc3c2)cc1C(F)(F)F. The Hall–Kier alpha value is -2.61. The molecule has 0 N–H and O–H groups in total. The van der Waals surface area contributed by atoms with Crippen molar-refractivity contribution in [2.75, 3.05) is 6.61 Å². The Morgan fingerprint density at radius 2 is 2.08 bits per heavy atom. The predicted molar refractivity (Wildman–Crippen MR) is 89.0 cm³/mol. The summed E-state index contributed by atoms with van der Waals surface area (Å²) in [6, 6.07) is 6.93. The van der Waals surface area contributed by atoms with Gasteiger partial charge in [0.05, 0.1) is 23.7 Å². The van der Waals surface area contributed by atoms with Gasteiger partial charge in [0.1, 0.15) is 5.56 Å². The van der Waals surface area contributed by atoms with E-state index in [1.54, 1.807) is 24.3 Å². The lowest BCUT2D eigenvalue weighted by atomic mass is 10.1. The third-order valence-corrected chi connectivity index (χ3v) is 3.80. The van der Waals surface area contributed by atoms with Crippen LogP contribution in [0.25, 0.3) is 10.9 Å². The number of fused-ring (bicyclic) bond motifs is 1. The quantitative estimate of drug-likeness (QED) is 0.629. The summed E-state index contributed by atoms with van der Waals surface area (Å²) in [4.78, 5) is 15.9. The number of hydrogen-bond acceptors (Lipinski definition) is 4. The van der Waals surface area contributed by atoms with Gasteiger partial charge in [-0.1, -0.05) is 17.7 Å². The molecule has 2 aromatic heterocycles. The van der Waals surface area contributed by atoms with E-state index in [1.165, 1.54) is 13.1 Å². The lowest BCUT2D eigenvalue weighted by Crippen LogP contribution is -2.14. The Kier molecular flexibility index (Phi) is 4.86. The Bertz CT molecular complexity index is 970. The van der Waals surface area contributed by atoms with E-state index in [0.717, 1.165) is 16.3 Å². The molecule has 0 aliphatic rings. The first-order valence-electron chi connectivity index (χ1n) is 7.64. The van der Waals surface area contributed by atoms with E-state index in [1.807, 2.05) is 0 Å². The molecular formula is C17H13ClF3N3O2. The first kappa shape index (κ1) is 18.2. The fourth-order valence-corrected chi connectivity index (χ4v) is 2.67. The second-order valence-corrected chi connectivity index (χ2v) is 5.92. The summed E-state index contributed by atoms with van der Waals surface area (Å²) in [7, 11) is 0. The number of rotatable bonds is 4. The van der Waals surface area contributed by atoms with Gasteiger partial charge in [0.25, 0.3) is 0 Å². The minimum absolute atomic E-state index is 0.0403. The Balaban J connectivity index is 1.96. The normalized spacial score (nSPS) is 11.7. The number of pyridine rings is 1. The van der Waals surface area contributed by atoms with Crippen molar-refractivity contribution in [2.45, 2.75) is 19.6 Å². The Morgan fingerprint density at radius 3 is 2.77 bits per heavy atom. The highest BCUT2D eigenvalue weighted by molar-refractivity contribution is 6.31. The van der Waals surface area contributed by atoms with E-state index in [4.69, 9.17) is 11.6 Å². The zero-order chi connectivity index (χ0) is 18.9. The molecule has 26 heavy (non-hydrogen) atoms. The smallest absolute Gasteiger partial charge is 0.420 e. The van der Waals surface area contributed by atoms with Crippen molar-refractivity contribution in [3.63, 3.8) is 0 Å². The monoisotopic (exact) mass is 383 g/mol. The van der Waals surface area contributed by atoms with Gasteiger partial charge in [-0.3, -0.25) is 9.67 Å². The van der Waals surface area contributed by atoms with Crippen LogP contribution < -0.4 is 0 Å². The maximum atomic E-state index is 13.2. The summed E-state index contributed by atoms with van der Waals surface area (Å²) in [5, 5.41) is 4.98. The topological polar surface area (TPSA) is 57.0 Å². The van der Waals surface area contributed by atoms with E-state index in [-0.39, 0.29) is 13.2 Å². The first-order chi connectivity index (χ1) is 12.3. The van der Waals surface area contributed by atoms with Gasteiger partial charge in [-0.05, 0) is 30.7 Å². The van der Waals surface area contributed by atoms with E-state index >= 15 is 0 Å². The number of aromatic nitrogens is 3. The molecule has 0 aliphatic heterocycles. The van der Waals surface area contributed by atoms with Gasteiger partial charge in [0.15, 0.2) is 5.69 Å². The highest BCUT2D eigenvalue weighted by atomic mass is 35.5. The third-order valence-electron chi connectivity index (χ3n) is 3.59. The molecular weight excluding hydrogens is 371 g/mol. The third kappa shape index (κ3) is 3.80. The first-order valence-corrected chi connectivity index (χ1v) is 8.01. The number of halogens is 4. The van der Waals surface area contributed by atoms with Gasteiger partial charge in [-0.25, -0.2) is 4.79 Å². The predicted octanol–water partition coefficient (Wildman–Crippen LogP) is 4.33. The second kappa shape index (κ2) is 6.95. The van der Waals surface area contributed by atoms with Crippen molar-refractivity contribution in [3.05, 3.63) is 58.5 Å². The number of ether oxygens (including phenoxy) is 1. The lowest BCUT2D eigenvalue weighted by molar-refractivity contribution is -0.138. The van der Waals surface area contributed by atoms with Crippen molar-refractivity contribution in [2.24, 2.45) is 0 Å². The maximum absolute atomic E-state index is 13.2. The average molecular weight is 384 g/mol. The molecule has 0 saturated carbocycles. The van der Waals surface area contributed by atoms with Crippen molar-refractivity contribution >= 4 is 28.5 Å². The highest BCUT2D eigenvalue weighted by Crippen LogP contribution is 2.32. The summed E-state index contributed by atoms with van der Waals surface area (Å²) in [6.07, 6.45) is -2.40. The van der Waals surface area contributed by atoms with Crippen molar-refractivity contribution in [1.82, 2.24) is 14.8 Å². The standard InChI is InChI=1S/C17H13ClF3N3O2/c1-2-26-16(25)15-13(17(19,20)21)9-24(23-15)8-10-3-4-14-11(5-10)6-12(18)7-22-14/h3-7,9H,2,8H2,1H3. The molecule has 2 heterocycles. The molecule has 0 bridgehead atoms. The molecule has 3 aromatic rings. The van der Waals surface area contributed by atoms with E-state index in [2.05, 4.69) is 14.8 Å². The summed E-state index contributed by atoms with van der Waals surface area (Å²) in [5.74, 6) is -1.10. The van der Waals surface area contributed by atoms with Crippen LogP contribution in [-0.4, -0.2) is 27.3 Å². The molecule has 1 aromatic carbocycles. The van der Waals surface area contributed by atoms with Crippen LogP contribution in [0.2, 0.25) is 5.02 Å². The Morgan fingerprint density at radius 1 is 1.31 bits per heavy atom. The molecule has 5 nitrogen and oxygen atoms in total. The molecule has 0 saturated heterocycles. The summed E-state index contributed by atoms with van der Waals surface area (Å²) < 4.78 is 45.2. The van der Waals surface area contributed by atoms with E-state index < -0.39 is 23.4 Å². The molecule has 0 amide bonds. The van der Waals surface area contributed by atoms with E-state index in [9.17, 15) is 18.0 Å². The van der Waals surface area contributed by atoms with Crippen LogP contribution in [-0.2, 0) is 17.5 Å². The van der Waals surface area contributed by atoms with Gasteiger partial charge < -0.3 is 4.74 Å². The number of hydrogen-bond donors (Lipinski definition) is 0. The van der Waals surface area contributed by atoms with Crippen LogP contribution in [0, 0.1) is 0 Å². The van der Waals surface area contributed by atoms with Gasteiger partial charge in [-0.15, -0.1) is 0 Å². The lowest BCUT2D eigenvalue weighted by Gasteiger charge is -2.05. The number of alkyl halides is 3. The fourth-order valence-electron chi connectivity index (χ4n) is 2.50. The molecule has 0 unspecified atom stereocenters. The molecule has 136 valence electrons. The van der Waals surface area contributed by atoms with Crippen LogP contribution in [0.15, 0.2) is 36.7 Å². The van der Waals surface area contributed by atoms with Gasteiger partial charge in [0, 0.05) is 17.8 Å². The minimum Gasteiger partial charge on any atom is -0.461 e. The number of carbonyl (C=O) groups excluding carboxylic acids is 1. The van der Waals surface area contributed by atoms with E-state index in [0.29, 0.717) is 16.1 Å². The van der Waals surface area contributed by atoms with Crippen LogP contribution in [0.5, 0.6) is 0 Å². The van der Waals surface area contributed by atoms with Gasteiger partial charge in [-0.2, -0.15) is 18.3 Å². The molecule has 0 atom stereocenters. The second-order valence-electron chi connectivity index (χ2n) is 5.49. The summed E-state index contributed by atoms with van der Waals surface area (Å²) >= 11 is 5.91. The molecule has 0 spiro atoms. The molecule has 3 rings (SSSR count). The van der Waals surface area contributed by atoms with Crippen molar-refractivity contribution in [3.8, 4) is 0 Å². The largest absolute Gasteiger partial charge is 0.461 e. The van der Waals surface area contributed by atoms with Crippen molar-refractivity contribution in [1.29, 1.82) is 0 Å². The van der Waals surface area contributed by atoms with Gasteiger partial charge in [0.2, 0.25) is 0 Å². The summed E-state index contributed by atoms with van der Waals surface area (Å²) in [5.41, 5.74) is -0.471. The highest BCUT2D eigenvalue weighted by Gasteiger charge is 2.38. The number of benzene rings is 1. The van der Waals surface area contributed by atoms with Gasteiger partial charge >= 0.3 is 12.1 Å². The molecule has 0 aliphatic carbocycles. The van der Waals surface area contributed by atoms with Crippen LogP contribution in [0.1, 0.15) is 28.5 Å². The molecule has 0 fully saturated rings. The van der Waals surface area contributed by atoms with Crippen LogP contribution in [0.3, 0.4) is 0 Å². The zero-order valence-corrected chi connectivity index (χ0v) is 14.3. The van der Waals surface area contributed by atoms with Crippen LogP contribution >= 0.6 is 11.6 Å². The summed E-state index contributed by atoms with van der Waals surface area (Å²) in [6.45, 7) is 1.52. The molecule has 0 radical (unpaired) electrons.